The van der Waals surface area contributed by atoms with Gasteiger partial charge in [-0.15, -0.1) is 0 Å². The molecule has 1 aromatic carbocycles. The molecule has 2 aliphatic rings. The van der Waals surface area contributed by atoms with Crippen LogP contribution in [0.1, 0.15) is 37.3 Å². The van der Waals surface area contributed by atoms with Crippen molar-refractivity contribution in [3.05, 3.63) is 40.8 Å². The maximum Gasteiger partial charge on any atom is 0.123 e. The van der Waals surface area contributed by atoms with Crippen molar-refractivity contribution < 1.29 is 4.39 Å². The Labute approximate surface area is 102 Å². The van der Waals surface area contributed by atoms with Gasteiger partial charge in [0.05, 0.1) is 0 Å². The molecule has 0 N–H and O–H groups in total. The maximum absolute atomic E-state index is 13.2. The van der Waals surface area contributed by atoms with Crippen molar-refractivity contribution in [2.45, 2.75) is 32.6 Å². The molecule has 0 atom stereocenters. The van der Waals surface area contributed by atoms with Crippen LogP contribution in [-0.4, -0.2) is 18.0 Å². The number of benzene rings is 1. The molecule has 90 valence electrons. The van der Waals surface area contributed by atoms with Crippen molar-refractivity contribution in [1.29, 1.82) is 0 Å². The Bertz CT molecular complexity index is 470. The number of aryl methyl sites for hydroxylation is 1. The molecule has 3 rings (SSSR count). The highest BCUT2D eigenvalue weighted by Crippen LogP contribution is 2.34. The summed E-state index contributed by atoms with van der Waals surface area (Å²) in [6, 6.07) is 5.21. The Morgan fingerprint density at radius 2 is 1.88 bits per heavy atom. The van der Waals surface area contributed by atoms with Crippen molar-refractivity contribution >= 4 is 5.57 Å². The van der Waals surface area contributed by atoms with Crippen LogP contribution < -0.4 is 0 Å². The average Bonchev–Trinajstić information content (AvgIpc) is 2.82. The number of hydrogen-bond acceptors (Lipinski definition) is 1. The third-order valence-corrected chi connectivity index (χ3v) is 4.02. The number of rotatable bonds is 1. The molecule has 0 bridgehead atoms. The van der Waals surface area contributed by atoms with Gasteiger partial charge < -0.3 is 4.90 Å². The molecule has 1 aromatic rings. The Morgan fingerprint density at radius 3 is 2.65 bits per heavy atom. The molecular weight excluding hydrogens is 213 g/mol. The highest BCUT2D eigenvalue weighted by Gasteiger charge is 2.22. The van der Waals surface area contributed by atoms with E-state index in [-0.39, 0.29) is 5.82 Å². The van der Waals surface area contributed by atoms with Crippen LogP contribution in [0.3, 0.4) is 0 Å². The van der Waals surface area contributed by atoms with Gasteiger partial charge >= 0.3 is 0 Å². The Hall–Kier alpha value is -1.31. The molecule has 0 radical (unpaired) electrons. The van der Waals surface area contributed by atoms with Crippen molar-refractivity contribution in [1.82, 2.24) is 4.90 Å². The van der Waals surface area contributed by atoms with Crippen LogP contribution >= 0.6 is 0 Å². The molecule has 1 aliphatic heterocycles. The smallest absolute Gasteiger partial charge is 0.123 e. The second kappa shape index (κ2) is 4.17. The molecule has 0 saturated carbocycles. The first kappa shape index (κ1) is 10.8. The molecule has 0 unspecified atom stereocenters. The van der Waals surface area contributed by atoms with Crippen molar-refractivity contribution in [2.24, 2.45) is 0 Å². The van der Waals surface area contributed by atoms with E-state index in [1.807, 2.05) is 6.07 Å². The minimum absolute atomic E-state index is 0.110. The third-order valence-electron chi connectivity index (χ3n) is 4.02. The van der Waals surface area contributed by atoms with E-state index in [9.17, 15) is 4.39 Å². The van der Waals surface area contributed by atoms with Crippen molar-refractivity contribution in [2.75, 3.05) is 13.1 Å². The Kier molecular flexibility index (Phi) is 2.65. The largest absolute Gasteiger partial charge is 0.375 e. The lowest BCUT2D eigenvalue weighted by molar-refractivity contribution is 0.408. The van der Waals surface area contributed by atoms with E-state index >= 15 is 0 Å². The monoisotopic (exact) mass is 231 g/mol. The molecule has 17 heavy (non-hydrogen) atoms. The predicted octanol–water partition coefficient (Wildman–Crippen LogP) is 3.60. The van der Waals surface area contributed by atoms with Crippen LogP contribution in [0, 0.1) is 5.82 Å². The van der Waals surface area contributed by atoms with Gasteiger partial charge in [0.1, 0.15) is 5.82 Å². The van der Waals surface area contributed by atoms with Gasteiger partial charge in [0, 0.05) is 18.8 Å². The summed E-state index contributed by atoms with van der Waals surface area (Å²) in [4.78, 5) is 2.52. The number of likely N-dealkylation sites (tertiary alicyclic amines) is 1. The van der Waals surface area contributed by atoms with Gasteiger partial charge in [0.15, 0.2) is 0 Å². The lowest BCUT2D eigenvalue weighted by atomic mass is 9.89. The number of hydrogen-bond donors (Lipinski definition) is 0. The number of allylic oxidation sites excluding steroid dienone is 2. The Morgan fingerprint density at radius 1 is 1.12 bits per heavy atom. The average molecular weight is 231 g/mol. The molecule has 1 saturated heterocycles. The maximum atomic E-state index is 13.2. The van der Waals surface area contributed by atoms with Gasteiger partial charge in [-0.2, -0.15) is 0 Å². The first-order valence-corrected chi connectivity index (χ1v) is 6.49. The van der Waals surface area contributed by atoms with Gasteiger partial charge in [-0.05, 0) is 61.4 Å². The second-order valence-electron chi connectivity index (χ2n) is 5.07. The summed E-state index contributed by atoms with van der Waals surface area (Å²) in [6.07, 6.45) is 4.68. The summed E-state index contributed by atoms with van der Waals surface area (Å²) in [5.41, 5.74) is 5.26. The van der Waals surface area contributed by atoms with Crippen LogP contribution in [0.2, 0.25) is 0 Å². The fourth-order valence-corrected chi connectivity index (χ4v) is 3.11. The lowest BCUT2D eigenvalue weighted by Gasteiger charge is -2.29. The van der Waals surface area contributed by atoms with Crippen molar-refractivity contribution in [3.8, 4) is 0 Å². The minimum atomic E-state index is -0.110. The van der Waals surface area contributed by atoms with Crippen LogP contribution in [0.4, 0.5) is 4.39 Å². The van der Waals surface area contributed by atoms with E-state index in [0.717, 1.165) is 12.8 Å². The van der Waals surface area contributed by atoms with E-state index in [1.54, 1.807) is 12.1 Å². The molecule has 1 nitrogen and oxygen atoms in total. The zero-order chi connectivity index (χ0) is 11.8. The predicted molar refractivity (Wildman–Crippen MR) is 68.1 cm³/mol. The van der Waals surface area contributed by atoms with Gasteiger partial charge in [-0.3, -0.25) is 0 Å². The number of nitrogens with zero attached hydrogens (tertiary/aromatic N) is 1. The second-order valence-corrected chi connectivity index (χ2v) is 5.07. The minimum Gasteiger partial charge on any atom is -0.375 e. The van der Waals surface area contributed by atoms with Gasteiger partial charge in [0.25, 0.3) is 0 Å². The highest BCUT2D eigenvalue weighted by atomic mass is 19.1. The first-order chi connectivity index (χ1) is 8.25. The van der Waals surface area contributed by atoms with E-state index in [4.69, 9.17) is 0 Å². The molecule has 1 aliphatic carbocycles. The van der Waals surface area contributed by atoms with E-state index in [1.165, 1.54) is 48.3 Å². The fraction of sp³-hybridized carbons (Fsp3) is 0.467. The topological polar surface area (TPSA) is 3.24 Å². The molecule has 1 fully saturated rings. The summed E-state index contributed by atoms with van der Waals surface area (Å²) in [5, 5.41) is 0. The quantitative estimate of drug-likeness (QED) is 0.714. The van der Waals surface area contributed by atoms with E-state index in [0.29, 0.717) is 0 Å². The van der Waals surface area contributed by atoms with Crippen LogP contribution in [-0.2, 0) is 6.42 Å². The summed E-state index contributed by atoms with van der Waals surface area (Å²) < 4.78 is 13.2. The van der Waals surface area contributed by atoms with E-state index < -0.39 is 0 Å². The van der Waals surface area contributed by atoms with E-state index in [2.05, 4.69) is 11.8 Å². The highest BCUT2D eigenvalue weighted by molar-refractivity contribution is 5.71. The SMILES string of the molecule is CC1=C(N2CCCC2)CCc2cc(F)ccc21. The first-order valence-electron chi connectivity index (χ1n) is 6.49. The van der Waals surface area contributed by atoms with Gasteiger partial charge in [0.2, 0.25) is 0 Å². The molecule has 1 heterocycles. The summed E-state index contributed by atoms with van der Waals surface area (Å²) in [5.74, 6) is -0.110. The standard InChI is InChI=1S/C15H18FN/c1-11-14-6-5-13(16)10-12(14)4-7-15(11)17-8-2-3-9-17/h5-6,10H,2-4,7-9H2,1H3. The van der Waals surface area contributed by atoms with Gasteiger partial charge in [-0.1, -0.05) is 6.07 Å². The van der Waals surface area contributed by atoms with Crippen LogP contribution in [0.25, 0.3) is 5.57 Å². The zero-order valence-corrected chi connectivity index (χ0v) is 10.3. The molecule has 2 heteroatoms. The van der Waals surface area contributed by atoms with Crippen molar-refractivity contribution in [3.63, 3.8) is 0 Å². The molecular formula is C15H18FN. The molecule has 0 aromatic heterocycles. The van der Waals surface area contributed by atoms with Crippen LogP contribution in [0.5, 0.6) is 0 Å². The molecule has 0 spiro atoms. The lowest BCUT2D eigenvalue weighted by Crippen LogP contribution is -2.22. The molecule has 0 amide bonds. The normalized spacial score (nSPS) is 19.8. The van der Waals surface area contributed by atoms with Crippen LogP contribution in [0.15, 0.2) is 23.9 Å². The summed E-state index contributed by atoms with van der Waals surface area (Å²) >= 11 is 0. The zero-order valence-electron chi connectivity index (χ0n) is 10.3. The third kappa shape index (κ3) is 1.86. The fourth-order valence-electron chi connectivity index (χ4n) is 3.11. The van der Waals surface area contributed by atoms with Gasteiger partial charge in [-0.25, -0.2) is 4.39 Å². The Balaban J connectivity index is 2.01. The summed E-state index contributed by atoms with van der Waals surface area (Å²) in [7, 11) is 0. The number of fused-ring (bicyclic) bond motifs is 1. The number of halogens is 1. The summed E-state index contributed by atoms with van der Waals surface area (Å²) in [6.45, 7) is 4.58.